The third kappa shape index (κ3) is 2.77. The number of fused-ring (bicyclic) bond motifs is 2. The van der Waals surface area contributed by atoms with Crippen molar-refractivity contribution in [2.24, 2.45) is 7.05 Å². The molecule has 0 unspecified atom stereocenters. The molecule has 0 fully saturated rings. The van der Waals surface area contributed by atoms with E-state index in [9.17, 15) is 0 Å². The third-order valence-electron chi connectivity index (χ3n) is 4.67. The van der Waals surface area contributed by atoms with Crippen molar-refractivity contribution in [1.29, 1.82) is 0 Å². The van der Waals surface area contributed by atoms with Crippen molar-refractivity contribution in [3.05, 3.63) is 84.8 Å². The first kappa shape index (κ1) is 15.0. The van der Waals surface area contributed by atoms with Crippen molar-refractivity contribution < 1.29 is 0 Å². The molecule has 0 aliphatic rings. The molecule has 5 nitrogen and oxygen atoms in total. The van der Waals surface area contributed by atoms with Gasteiger partial charge in [-0.15, -0.1) is 0 Å². The summed E-state index contributed by atoms with van der Waals surface area (Å²) in [6.07, 6.45) is 10.4. The van der Waals surface area contributed by atoms with Crippen LogP contribution < -0.4 is 0 Å². The fraction of sp³-hybridized carbons (Fsp3) is 0.143. The zero-order chi connectivity index (χ0) is 17.5. The maximum atomic E-state index is 4.65. The second-order valence-corrected chi connectivity index (χ2v) is 6.81. The molecule has 0 aliphatic carbocycles. The third-order valence-corrected chi connectivity index (χ3v) is 4.67. The van der Waals surface area contributed by atoms with E-state index in [0.29, 0.717) is 0 Å². The van der Waals surface area contributed by atoms with Crippen LogP contribution in [0.5, 0.6) is 0 Å². The summed E-state index contributed by atoms with van der Waals surface area (Å²) in [7, 11) is 1.99. The van der Waals surface area contributed by atoms with Gasteiger partial charge in [-0.2, -0.15) is 5.10 Å². The summed E-state index contributed by atoms with van der Waals surface area (Å²) in [5.74, 6) is 0. The summed E-state index contributed by atoms with van der Waals surface area (Å²) < 4.78 is 6.18. The molecule has 3 heterocycles. The van der Waals surface area contributed by atoms with Crippen molar-refractivity contribution in [1.82, 2.24) is 23.9 Å². The molecule has 5 heteroatoms. The Morgan fingerprint density at radius 2 is 1.73 bits per heavy atom. The van der Waals surface area contributed by atoms with Gasteiger partial charge in [0.15, 0.2) is 0 Å². The molecular weight excluding hydrogens is 322 g/mol. The van der Waals surface area contributed by atoms with Crippen molar-refractivity contribution >= 4 is 21.7 Å². The molecular formula is C21H19N5. The van der Waals surface area contributed by atoms with Crippen LogP contribution in [0.25, 0.3) is 21.7 Å². The number of imidazole rings is 1. The Morgan fingerprint density at radius 3 is 2.58 bits per heavy atom. The fourth-order valence-corrected chi connectivity index (χ4v) is 3.46. The number of aryl methyl sites for hydroxylation is 1. The van der Waals surface area contributed by atoms with Gasteiger partial charge in [0.05, 0.1) is 30.6 Å². The lowest BCUT2D eigenvalue weighted by molar-refractivity contribution is 0.696. The van der Waals surface area contributed by atoms with Gasteiger partial charge in [-0.25, -0.2) is 4.98 Å². The van der Waals surface area contributed by atoms with E-state index < -0.39 is 0 Å². The molecule has 0 bridgehead atoms. The minimum absolute atomic E-state index is 0.774. The number of hydrogen-bond acceptors (Lipinski definition) is 2. The van der Waals surface area contributed by atoms with Crippen LogP contribution in [-0.4, -0.2) is 23.9 Å². The zero-order valence-corrected chi connectivity index (χ0v) is 14.6. The maximum Gasteiger partial charge on any atom is 0.0947 e. The largest absolute Gasteiger partial charge is 0.347 e. The minimum atomic E-state index is 0.774. The fourth-order valence-electron chi connectivity index (χ4n) is 3.46. The topological polar surface area (TPSA) is 40.6 Å². The molecule has 26 heavy (non-hydrogen) atoms. The van der Waals surface area contributed by atoms with Crippen LogP contribution in [0.1, 0.15) is 11.3 Å². The van der Waals surface area contributed by atoms with Gasteiger partial charge in [-0.05, 0) is 28.5 Å². The molecule has 0 N–H and O–H groups in total. The van der Waals surface area contributed by atoms with Gasteiger partial charge in [0.2, 0.25) is 0 Å². The molecule has 0 aliphatic heterocycles. The molecule has 5 aromatic rings. The van der Waals surface area contributed by atoms with Crippen molar-refractivity contribution in [2.45, 2.75) is 13.1 Å². The Labute approximate surface area is 151 Å². The Balaban J connectivity index is 1.41. The molecule has 2 aromatic carbocycles. The van der Waals surface area contributed by atoms with Gasteiger partial charge in [0, 0.05) is 37.2 Å². The summed E-state index contributed by atoms with van der Waals surface area (Å²) in [4.78, 5) is 4.41. The maximum absolute atomic E-state index is 4.65. The second kappa shape index (κ2) is 5.88. The van der Waals surface area contributed by atoms with E-state index in [1.54, 1.807) is 0 Å². The predicted molar refractivity (Wildman–Crippen MR) is 103 cm³/mol. The summed E-state index contributed by atoms with van der Waals surface area (Å²) in [6, 6.07) is 14.8. The predicted octanol–water partition coefficient (Wildman–Crippen LogP) is 3.82. The number of hydrogen-bond donors (Lipinski definition) is 0. The van der Waals surface area contributed by atoms with E-state index in [1.165, 1.54) is 21.7 Å². The zero-order valence-electron chi connectivity index (χ0n) is 14.6. The van der Waals surface area contributed by atoms with Crippen LogP contribution in [0.4, 0.5) is 0 Å². The Kier molecular flexibility index (Phi) is 3.38. The second-order valence-electron chi connectivity index (χ2n) is 6.81. The summed E-state index contributed by atoms with van der Waals surface area (Å²) in [5, 5.41) is 8.32. The van der Waals surface area contributed by atoms with Gasteiger partial charge in [-0.3, -0.25) is 4.68 Å². The number of nitrogens with zero attached hydrogens (tertiary/aromatic N) is 5. The summed E-state index contributed by atoms with van der Waals surface area (Å²) in [5.41, 5.74) is 3.35. The van der Waals surface area contributed by atoms with Gasteiger partial charge < -0.3 is 9.13 Å². The van der Waals surface area contributed by atoms with Crippen molar-refractivity contribution in [2.75, 3.05) is 0 Å². The van der Waals surface area contributed by atoms with Gasteiger partial charge in [0.25, 0.3) is 0 Å². The quantitative estimate of drug-likeness (QED) is 0.498. The van der Waals surface area contributed by atoms with E-state index in [2.05, 4.69) is 63.7 Å². The van der Waals surface area contributed by atoms with Crippen LogP contribution in [0.3, 0.4) is 0 Å². The standard InChI is InChI=1S/C21H19N5/c1-24-13-20(22-15-24)14-25-10-17-7-6-16(8-19(17)11-25)9-26-12-18-4-2-3-5-21(18)23-26/h2-8,10-13,15H,9,14H2,1H3. The van der Waals surface area contributed by atoms with Crippen LogP contribution >= 0.6 is 0 Å². The highest BCUT2D eigenvalue weighted by Crippen LogP contribution is 2.19. The first-order valence-electron chi connectivity index (χ1n) is 8.70. The van der Waals surface area contributed by atoms with E-state index >= 15 is 0 Å². The van der Waals surface area contributed by atoms with Crippen LogP contribution in [0.15, 0.2) is 73.6 Å². The Hall–Kier alpha value is -3.34. The average Bonchev–Trinajstić information content (AvgIpc) is 3.32. The molecule has 0 spiro atoms. The van der Waals surface area contributed by atoms with Crippen LogP contribution in [-0.2, 0) is 20.1 Å². The molecule has 0 saturated carbocycles. The lowest BCUT2D eigenvalue weighted by Gasteiger charge is -2.01. The Bertz CT molecular complexity index is 1170. The van der Waals surface area contributed by atoms with Crippen LogP contribution in [0.2, 0.25) is 0 Å². The molecule has 128 valence electrons. The highest BCUT2D eigenvalue weighted by Gasteiger charge is 2.05. The van der Waals surface area contributed by atoms with Crippen molar-refractivity contribution in [3.8, 4) is 0 Å². The first-order chi connectivity index (χ1) is 12.7. The van der Waals surface area contributed by atoms with Gasteiger partial charge in [-0.1, -0.05) is 30.3 Å². The minimum Gasteiger partial charge on any atom is -0.347 e. The average molecular weight is 341 g/mol. The van der Waals surface area contributed by atoms with E-state index in [0.717, 1.165) is 24.3 Å². The number of rotatable bonds is 4. The Morgan fingerprint density at radius 1 is 0.846 bits per heavy atom. The SMILES string of the molecule is Cn1cnc(Cn2cc3ccc(Cn4cc5ccccc5n4)cc3c2)c1. The van der Waals surface area contributed by atoms with Crippen LogP contribution in [0, 0.1) is 0 Å². The molecule has 3 aromatic heterocycles. The van der Waals surface area contributed by atoms with Gasteiger partial charge in [0.1, 0.15) is 0 Å². The number of benzene rings is 2. The lowest BCUT2D eigenvalue weighted by atomic mass is 10.1. The molecule has 0 radical (unpaired) electrons. The van der Waals surface area contributed by atoms with Crippen molar-refractivity contribution in [3.63, 3.8) is 0 Å². The van der Waals surface area contributed by atoms with E-state index in [-0.39, 0.29) is 0 Å². The summed E-state index contributed by atoms with van der Waals surface area (Å²) in [6.45, 7) is 1.56. The van der Waals surface area contributed by atoms with E-state index in [4.69, 9.17) is 0 Å². The molecule has 0 atom stereocenters. The number of aromatic nitrogens is 5. The highest BCUT2D eigenvalue weighted by molar-refractivity contribution is 5.83. The monoisotopic (exact) mass is 341 g/mol. The molecule has 0 saturated heterocycles. The smallest absolute Gasteiger partial charge is 0.0947 e. The highest BCUT2D eigenvalue weighted by atomic mass is 15.3. The molecule has 5 rings (SSSR count). The normalized spacial score (nSPS) is 11.6. The summed E-state index contributed by atoms with van der Waals surface area (Å²) >= 11 is 0. The van der Waals surface area contributed by atoms with Gasteiger partial charge >= 0.3 is 0 Å². The molecule has 0 amide bonds. The first-order valence-corrected chi connectivity index (χ1v) is 8.70. The van der Waals surface area contributed by atoms with E-state index in [1.807, 2.05) is 40.8 Å². The lowest BCUT2D eigenvalue weighted by Crippen LogP contribution is -1.99.